The minimum atomic E-state index is -0.263. The summed E-state index contributed by atoms with van der Waals surface area (Å²) in [7, 11) is 0. The van der Waals surface area contributed by atoms with E-state index in [0.717, 1.165) is 31.6 Å². The molecule has 3 rings (SSSR count). The molecule has 2 heterocycles. The minimum Gasteiger partial charge on any atom is -0.365 e. The Hall–Kier alpha value is -1.39. The van der Waals surface area contributed by atoms with E-state index >= 15 is 0 Å². The molecule has 2 aliphatic heterocycles. The minimum absolute atomic E-state index is 0.112. The summed E-state index contributed by atoms with van der Waals surface area (Å²) in [4.78, 5) is 14.5. The van der Waals surface area contributed by atoms with Crippen LogP contribution in [-0.2, 0) is 16.1 Å². The van der Waals surface area contributed by atoms with Crippen molar-refractivity contribution in [2.45, 2.75) is 38.5 Å². The molecule has 0 radical (unpaired) electrons. The maximum Gasteiger partial charge on any atom is 0.256 e. The maximum absolute atomic E-state index is 12.6. The van der Waals surface area contributed by atoms with Gasteiger partial charge in [-0.25, -0.2) is 0 Å². The van der Waals surface area contributed by atoms with Gasteiger partial charge in [0.1, 0.15) is 6.10 Å². The van der Waals surface area contributed by atoms with E-state index in [-0.39, 0.29) is 18.1 Å². The summed E-state index contributed by atoms with van der Waals surface area (Å²) in [5, 5.41) is 3.35. The first-order chi connectivity index (χ1) is 9.25. The van der Waals surface area contributed by atoms with Gasteiger partial charge < -0.3 is 15.0 Å². The fraction of sp³-hybridized carbons (Fsp3) is 0.533. The highest BCUT2D eigenvalue weighted by atomic mass is 16.5. The number of para-hydroxylation sites is 1. The third kappa shape index (κ3) is 2.51. The van der Waals surface area contributed by atoms with Gasteiger partial charge in [0.05, 0.1) is 6.10 Å². The number of nitrogens with one attached hydrogen (secondary N) is 1. The predicted octanol–water partition coefficient (Wildman–Crippen LogP) is 1.69. The molecule has 1 N–H and O–H groups in total. The fourth-order valence-corrected chi connectivity index (χ4v) is 2.84. The lowest BCUT2D eigenvalue weighted by atomic mass is 10.1. The number of carbonyl (C=O) groups is 1. The van der Waals surface area contributed by atoms with Gasteiger partial charge in [0.25, 0.3) is 5.91 Å². The molecule has 102 valence electrons. The van der Waals surface area contributed by atoms with E-state index in [0.29, 0.717) is 6.54 Å². The number of amides is 1. The summed E-state index contributed by atoms with van der Waals surface area (Å²) in [5.74, 6) is 0.112. The van der Waals surface area contributed by atoms with Crippen LogP contribution in [0, 0.1) is 0 Å². The van der Waals surface area contributed by atoms with Crippen LogP contribution in [0.3, 0.4) is 0 Å². The first-order valence-electron chi connectivity index (χ1n) is 7.01. The number of ether oxygens (including phenoxy) is 1. The van der Waals surface area contributed by atoms with Crippen LogP contribution in [0.5, 0.6) is 0 Å². The van der Waals surface area contributed by atoms with E-state index in [2.05, 4.69) is 11.4 Å². The van der Waals surface area contributed by atoms with Crippen molar-refractivity contribution in [3.63, 3.8) is 0 Å². The number of anilines is 1. The number of fused-ring (bicyclic) bond motifs is 1. The Bertz CT molecular complexity index is 475. The molecule has 1 aromatic carbocycles. The largest absolute Gasteiger partial charge is 0.365 e. The van der Waals surface area contributed by atoms with Gasteiger partial charge in [0.2, 0.25) is 0 Å². The molecule has 0 aliphatic carbocycles. The van der Waals surface area contributed by atoms with Gasteiger partial charge in [0.15, 0.2) is 0 Å². The second-order valence-corrected chi connectivity index (χ2v) is 5.31. The highest BCUT2D eigenvalue weighted by molar-refractivity contribution is 5.97. The second kappa shape index (κ2) is 5.31. The first-order valence-corrected chi connectivity index (χ1v) is 7.01. The van der Waals surface area contributed by atoms with Crippen molar-refractivity contribution in [1.29, 1.82) is 0 Å². The van der Waals surface area contributed by atoms with E-state index in [1.165, 1.54) is 5.56 Å². The zero-order valence-corrected chi connectivity index (χ0v) is 11.3. The normalized spacial score (nSPS) is 26.9. The van der Waals surface area contributed by atoms with Gasteiger partial charge in [0, 0.05) is 25.3 Å². The summed E-state index contributed by atoms with van der Waals surface area (Å²) in [6, 6.07) is 8.11. The Morgan fingerprint density at radius 2 is 2.21 bits per heavy atom. The van der Waals surface area contributed by atoms with Crippen LogP contribution < -0.4 is 10.2 Å². The van der Waals surface area contributed by atoms with E-state index in [4.69, 9.17) is 4.74 Å². The van der Waals surface area contributed by atoms with E-state index in [9.17, 15) is 4.79 Å². The van der Waals surface area contributed by atoms with Crippen LogP contribution >= 0.6 is 0 Å². The molecule has 0 spiro atoms. The monoisotopic (exact) mass is 260 g/mol. The van der Waals surface area contributed by atoms with Crippen molar-refractivity contribution in [3.8, 4) is 0 Å². The summed E-state index contributed by atoms with van der Waals surface area (Å²) in [5.41, 5.74) is 2.21. The van der Waals surface area contributed by atoms with Gasteiger partial charge in [-0.15, -0.1) is 0 Å². The SMILES string of the molecule is CC1CCC(C(=O)N2CCNCc3ccccc32)O1. The number of rotatable bonds is 1. The van der Waals surface area contributed by atoms with Crippen LogP contribution in [0.1, 0.15) is 25.3 Å². The van der Waals surface area contributed by atoms with Crippen LogP contribution in [-0.4, -0.2) is 31.2 Å². The molecule has 4 heteroatoms. The Labute approximate surface area is 113 Å². The van der Waals surface area contributed by atoms with Crippen molar-refractivity contribution in [1.82, 2.24) is 5.32 Å². The molecule has 19 heavy (non-hydrogen) atoms. The molecule has 0 bridgehead atoms. The number of nitrogens with zero attached hydrogens (tertiary/aromatic N) is 1. The number of hydrogen-bond acceptors (Lipinski definition) is 3. The summed E-state index contributed by atoms with van der Waals surface area (Å²) < 4.78 is 5.72. The van der Waals surface area contributed by atoms with Crippen molar-refractivity contribution < 1.29 is 9.53 Å². The smallest absolute Gasteiger partial charge is 0.256 e. The third-order valence-corrected chi connectivity index (χ3v) is 3.88. The molecule has 4 nitrogen and oxygen atoms in total. The average molecular weight is 260 g/mol. The van der Waals surface area contributed by atoms with E-state index < -0.39 is 0 Å². The third-order valence-electron chi connectivity index (χ3n) is 3.88. The molecule has 0 saturated carbocycles. The molecule has 2 aliphatic rings. The Morgan fingerprint density at radius 3 is 3.00 bits per heavy atom. The molecule has 1 saturated heterocycles. The van der Waals surface area contributed by atoms with E-state index in [1.54, 1.807) is 0 Å². The number of benzene rings is 1. The van der Waals surface area contributed by atoms with Crippen molar-refractivity contribution in [2.24, 2.45) is 0 Å². The quantitative estimate of drug-likeness (QED) is 0.835. The lowest BCUT2D eigenvalue weighted by Gasteiger charge is -2.25. The van der Waals surface area contributed by atoms with Gasteiger partial charge >= 0.3 is 0 Å². The predicted molar refractivity (Wildman–Crippen MR) is 74.1 cm³/mol. The van der Waals surface area contributed by atoms with Crippen LogP contribution in [0.4, 0.5) is 5.69 Å². The molecule has 2 atom stereocenters. The molecule has 2 unspecified atom stereocenters. The molecular weight excluding hydrogens is 240 g/mol. The average Bonchev–Trinajstić information content (AvgIpc) is 2.74. The van der Waals surface area contributed by atoms with Crippen LogP contribution in [0.25, 0.3) is 0 Å². The van der Waals surface area contributed by atoms with Crippen molar-refractivity contribution in [3.05, 3.63) is 29.8 Å². The zero-order valence-electron chi connectivity index (χ0n) is 11.3. The van der Waals surface area contributed by atoms with Crippen molar-refractivity contribution in [2.75, 3.05) is 18.0 Å². The lowest BCUT2D eigenvalue weighted by Crippen LogP contribution is -2.41. The standard InChI is InChI=1S/C15H20N2O2/c1-11-6-7-14(19-11)15(18)17-9-8-16-10-12-4-2-3-5-13(12)17/h2-5,11,14,16H,6-10H2,1H3. The maximum atomic E-state index is 12.6. The topological polar surface area (TPSA) is 41.6 Å². The summed E-state index contributed by atoms with van der Waals surface area (Å²) in [6.45, 7) is 4.39. The Balaban J connectivity index is 1.85. The Morgan fingerprint density at radius 1 is 1.37 bits per heavy atom. The summed E-state index contributed by atoms with van der Waals surface area (Å²) >= 11 is 0. The number of carbonyl (C=O) groups excluding carboxylic acids is 1. The molecular formula is C15H20N2O2. The summed E-state index contributed by atoms with van der Waals surface area (Å²) in [6.07, 6.45) is 1.76. The lowest BCUT2D eigenvalue weighted by molar-refractivity contribution is -0.128. The number of hydrogen-bond donors (Lipinski definition) is 1. The first kappa shape index (κ1) is 12.6. The second-order valence-electron chi connectivity index (χ2n) is 5.31. The highest BCUT2D eigenvalue weighted by Crippen LogP contribution is 2.27. The molecule has 1 fully saturated rings. The highest BCUT2D eigenvalue weighted by Gasteiger charge is 2.33. The van der Waals surface area contributed by atoms with Gasteiger partial charge in [-0.1, -0.05) is 18.2 Å². The zero-order chi connectivity index (χ0) is 13.2. The van der Waals surface area contributed by atoms with Crippen LogP contribution in [0.15, 0.2) is 24.3 Å². The molecule has 0 aromatic heterocycles. The van der Waals surface area contributed by atoms with Gasteiger partial charge in [-0.2, -0.15) is 0 Å². The molecule has 1 aromatic rings. The van der Waals surface area contributed by atoms with E-state index in [1.807, 2.05) is 30.0 Å². The fourth-order valence-electron chi connectivity index (χ4n) is 2.84. The van der Waals surface area contributed by atoms with Gasteiger partial charge in [-0.05, 0) is 31.4 Å². The van der Waals surface area contributed by atoms with Crippen molar-refractivity contribution >= 4 is 11.6 Å². The molecule has 1 amide bonds. The van der Waals surface area contributed by atoms with Gasteiger partial charge in [-0.3, -0.25) is 4.79 Å². The Kier molecular flexibility index (Phi) is 3.53. The van der Waals surface area contributed by atoms with Crippen LogP contribution in [0.2, 0.25) is 0 Å².